The smallest absolute Gasteiger partial charge is 0.204 e. The highest BCUT2D eigenvalue weighted by Gasteiger charge is 2.37. The van der Waals surface area contributed by atoms with Crippen molar-refractivity contribution in [3.05, 3.63) is 35.4 Å². The average Bonchev–Trinajstić information content (AvgIpc) is 2.23. The molecule has 0 aliphatic carbocycles. The van der Waals surface area contributed by atoms with Crippen molar-refractivity contribution in [3.8, 4) is 0 Å². The molecule has 0 saturated heterocycles. The Morgan fingerprint density at radius 3 is 2.29 bits per heavy atom. The van der Waals surface area contributed by atoms with Gasteiger partial charge >= 0.3 is 0 Å². The normalized spacial score (nSPS) is 21.9. The van der Waals surface area contributed by atoms with Gasteiger partial charge < -0.3 is 0 Å². The minimum absolute atomic E-state index is 0.627. The molecule has 1 aliphatic heterocycles. The molecule has 4 heteroatoms. The van der Waals surface area contributed by atoms with Crippen LogP contribution in [0.5, 0.6) is 0 Å². The first-order valence-corrected chi connectivity index (χ1v) is 7.16. The zero-order valence-electron chi connectivity index (χ0n) is 10.4. The maximum Gasteiger partial charge on any atom is 0.258 e. The molecule has 92 valence electrons. The predicted octanol–water partition coefficient (Wildman–Crippen LogP) is 2.69. The lowest BCUT2D eigenvalue weighted by Gasteiger charge is -2.27. The van der Waals surface area contributed by atoms with E-state index in [1.165, 1.54) is 0 Å². The lowest BCUT2D eigenvalue weighted by Crippen LogP contribution is -2.35. The van der Waals surface area contributed by atoms with Crippen LogP contribution in [0.4, 0.5) is 0 Å². The number of sulfonamides is 1. The van der Waals surface area contributed by atoms with Crippen molar-refractivity contribution >= 4 is 15.7 Å². The Kier molecular flexibility index (Phi) is 2.86. The van der Waals surface area contributed by atoms with Crippen LogP contribution < -0.4 is 0 Å². The van der Waals surface area contributed by atoms with Crippen LogP contribution in [-0.2, 0) is 10.0 Å². The monoisotopic (exact) mass is 251 g/mol. The Morgan fingerprint density at radius 2 is 1.76 bits per heavy atom. The van der Waals surface area contributed by atoms with Gasteiger partial charge in [0.2, 0.25) is 0 Å². The van der Waals surface area contributed by atoms with E-state index >= 15 is 0 Å². The van der Waals surface area contributed by atoms with Crippen LogP contribution in [0.3, 0.4) is 0 Å². The number of hydrogen-bond acceptors (Lipinski definition) is 2. The molecule has 0 fully saturated rings. The van der Waals surface area contributed by atoms with Crippen molar-refractivity contribution in [2.45, 2.75) is 38.4 Å². The number of nitrogens with zero attached hydrogens (tertiary/aromatic N) is 1. The van der Waals surface area contributed by atoms with Gasteiger partial charge in [-0.1, -0.05) is 29.8 Å². The van der Waals surface area contributed by atoms with E-state index in [1.54, 1.807) is 13.8 Å². The number of aryl methyl sites for hydroxylation is 1. The van der Waals surface area contributed by atoms with Crippen LogP contribution in [0, 0.1) is 6.92 Å². The lowest BCUT2D eigenvalue weighted by atomic mass is 9.99. The molecular weight excluding hydrogens is 234 g/mol. The Bertz CT molecular complexity index is 554. The van der Waals surface area contributed by atoms with Gasteiger partial charge in [-0.25, -0.2) is 8.42 Å². The summed E-state index contributed by atoms with van der Waals surface area (Å²) >= 11 is 0. The van der Waals surface area contributed by atoms with Crippen LogP contribution in [0.25, 0.3) is 0 Å². The molecule has 0 atom stereocenters. The molecule has 3 nitrogen and oxygen atoms in total. The molecule has 0 radical (unpaired) electrons. The molecule has 0 N–H and O–H groups in total. The fraction of sp³-hybridized carbons (Fsp3) is 0.462. The van der Waals surface area contributed by atoms with Gasteiger partial charge in [-0.05, 0) is 39.2 Å². The maximum atomic E-state index is 12.0. The predicted molar refractivity (Wildman–Crippen MR) is 69.9 cm³/mol. The largest absolute Gasteiger partial charge is 0.258 e. The fourth-order valence-electron chi connectivity index (χ4n) is 1.81. The summed E-state index contributed by atoms with van der Waals surface area (Å²) in [5, 5.41) is 0. The van der Waals surface area contributed by atoms with Crippen molar-refractivity contribution in [3.63, 3.8) is 0 Å². The van der Waals surface area contributed by atoms with Gasteiger partial charge in [0.1, 0.15) is 0 Å². The molecule has 1 aromatic carbocycles. The first-order chi connectivity index (χ1) is 7.82. The second-order valence-corrected chi connectivity index (χ2v) is 7.38. The molecule has 0 aromatic heterocycles. The van der Waals surface area contributed by atoms with Gasteiger partial charge in [0.25, 0.3) is 10.0 Å². The maximum absolute atomic E-state index is 12.0. The van der Waals surface area contributed by atoms with Crippen LogP contribution >= 0.6 is 0 Å². The van der Waals surface area contributed by atoms with Crippen molar-refractivity contribution in [2.24, 2.45) is 4.40 Å². The van der Waals surface area contributed by atoms with E-state index in [1.807, 2.05) is 31.2 Å². The number of hydrogen-bond donors (Lipinski definition) is 0. The average molecular weight is 251 g/mol. The van der Waals surface area contributed by atoms with E-state index in [9.17, 15) is 8.42 Å². The van der Waals surface area contributed by atoms with Gasteiger partial charge in [0.15, 0.2) is 0 Å². The van der Waals surface area contributed by atoms with Crippen LogP contribution in [0.2, 0.25) is 0 Å². The number of benzene rings is 1. The van der Waals surface area contributed by atoms with E-state index in [2.05, 4.69) is 4.40 Å². The van der Waals surface area contributed by atoms with Crippen LogP contribution in [-0.4, -0.2) is 18.9 Å². The van der Waals surface area contributed by atoms with Gasteiger partial charge in [-0.2, -0.15) is 4.40 Å². The van der Waals surface area contributed by atoms with Crippen LogP contribution in [0.15, 0.2) is 28.7 Å². The zero-order valence-corrected chi connectivity index (χ0v) is 11.2. The lowest BCUT2D eigenvalue weighted by molar-refractivity contribution is 0.528. The van der Waals surface area contributed by atoms with Gasteiger partial charge in [0.05, 0.1) is 10.5 Å². The van der Waals surface area contributed by atoms with Crippen molar-refractivity contribution in [1.29, 1.82) is 0 Å². The summed E-state index contributed by atoms with van der Waals surface area (Å²) in [6.45, 7) is 5.47. The van der Waals surface area contributed by atoms with Crippen molar-refractivity contribution < 1.29 is 8.42 Å². The molecule has 17 heavy (non-hydrogen) atoms. The van der Waals surface area contributed by atoms with E-state index in [0.29, 0.717) is 12.1 Å². The first-order valence-electron chi connectivity index (χ1n) is 5.72. The van der Waals surface area contributed by atoms with Gasteiger partial charge in [-0.3, -0.25) is 0 Å². The molecular formula is C13H17NO2S. The van der Waals surface area contributed by atoms with Crippen molar-refractivity contribution in [1.82, 2.24) is 0 Å². The van der Waals surface area contributed by atoms with E-state index in [-0.39, 0.29) is 0 Å². The highest BCUT2D eigenvalue weighted by atomic mass is 32.2. The molecule has 0 unspecified atom stereocenters. The summed E-state index contributed by atoms with van der Waals surface area (Å²) in [6.07, 6.45) is 1.34. The molecule has 0 bridgehead atoms. The summed E-state index contributed by atoms with van der Waals surface area (Å²) in [5.41, 5.74) is 2.76. The zero-order chi connectivity index (χ0) is 12.7. The minimum atomic E-state index is -3.38. The van der Waals surface area contributed by atoms with E-state index in [4.69, 9.17) is 0 Å². The molecule has 2 rings (SSSR count). The molecule has 1 heterocycles. The highest BCUT2D eigenvalue weighted by molar-refractivity contribution is 7.91. The molecule has 1 aliphatic rings. The third-order valence-corrected chi connectivity index (χ3v) is 5.34. The van der Waals surface area contributed by atoms with E-state index < -0.39 is 14.8 Å². The minimum Gasteiger partial charge on any atom is -0.204 e. The van der Waals surface area contributed by atoms with Crippen LogP contribution in [0.1, 0.15) is 37.8 Å². The Morgan fingerprint density at radius 1 is 1.18 bits per heavy atom. The third kappa shape index (κ3) is 2.27. The first kappa shape index (κ1) is 12.3. The summed E-state index contributed by atoms with van der Waals surface area (Å²) in [4.78, 5) is 0. The highest BCUT2D eigenvalue weighted by Crippen LogP contribution is 2.30. The summed E-state index contributed by atoms with van der Waals surface area (Å²) in [5.74, 6) is 0. The van der Waals surface area contributed by atoms with Gasteiger partial charge in [-0.15, -0.1) is 0 Å². The molecule has 0 saturated carbocycles. The summed E-state index contributed by atoms with van der Waals surface area (Å²) in [7, 11) is -3.38. The van der Waals surface area contributed by atoms with E-state index in [0.717, 1.165) is 17.5 Å². The summed E-state index contributed by atoms with van der Waals surface area (Å²) in [6, 6.07) is 7.82. The SMILES string of the molecule is Cc1ccc(C2=NS(=O)(=O)C(C)(C)CC2)cc1. The molecule has 1 aromatic rings. The number of rotatable bonds is 1. The molecule has 0 spiro atoms. The third-order valence-electron chi connectivity index (χ3n) is 3.28. The summed E-state index contributed by atoms with van der Waals surface area (Å²) < 4.78 is 27.2. The van der Waals surface area contributed by atoms with Crippen molar-refractivity contribution in [2.75, 3.05) is 0 Å². The Hall–Kier alpha value is -1.16. The fourth-order valence-corrected chi connectivity index (χ4v) is 2.90. The second-order valence-electron chi connectivity index (χ2n) is 5.14. The second kappa shape index (κ2) is 3.95. The quantitative estimate of drug-likeness (QED) is 0.770. The Balaban J connectivity index is 2.43. The Labute approximate surface area is 103 Å². The topological polar surface area (TPSA) is 46.5 Å². The standard InChI is InChI=1S/C13H17NO2S/c1-10-4-6-11(7-5-10)12-8-9-13(2,3)17(15,16)14-12/h4-7H,8-9H2,1-3H3. The van der Waals surface area contributed by atoms with Gasteiger partial charge in [0, 0.05) is 0 Å². The molecule has 0 amide bonds.